The number of hydrogen-bond donors (Lipinski definition) is 1. The van der Waals surface area contributed by atoms with E-state index in [1.807, 2.05) is 47.4 Å². The zero-order valence-corrected chi connectivity index (χ0v) is 16.5. The second-order valence-electron chi connectivity index (χ2n) is 7.53. The molecule has 1 aliphatic carbocycles. The summed E-state index contributed by atoms with van der Waals surface area (Å²) >= 11 is 1.64. The summed E-state index contributed by atoms with van der Waals surface area (Å²) in [6, 6.07) is 16.0. The van der Waals surface area contributed by atoms with Gasteiger partial charge in [0.15, 0.2) is 0 Å². The number of carbonyl (C=O) groups is 2. The van der Waals surface area contributed by atoms with E-state index in [0.29, 0.717) is 11.7 Å². The van der Waals surface area contributed by atoms with Crippen LogP contribution in [-0.2, 0) is 9.59 Å². The van der Waals surface area contributed by atoms with Gasteiger partial charge in [0.05, 0.1) is 5.75 Å². The highest BCUT2D eigenvalue weighted by molar-refractivity contribution is 8.00. The number of rotatable bonds is 5. The Morgan fingerprint density at radius 3 is 2.67 bits per heavy atom. The van der Waals surface area contributed by atoms with E-state index in [2.05, 4.69) is 25.2 Å². The summed E-state index contributed by atoms with van der Waals surface area (Å²) in [5.74, 6) is 1.21. The van der Waals surface area contributed by atoms with E-state index in [1.54, 1.807) is 11.8 Å². The first-order valence-electron chi connectivity index (χ1n) is 9.48. The van der Waals surface area contributed by atoms with Crippen LogP contribution in [0.5, 0.6) is 0 Å². The van der Waals surface area contributed by atoms with Crippen LogP contribution in [-0.4, -0.2) is 17.6 Å². The van der Waals surface area contributed by atoms with Crippen LogP contribution in [0.1, 0.15) is 49.1 Å². The van der Waals surface area contributed by atoms with Crippen molar-refractivity contribution in [1.29, 1.82) is 0 Å². The first-order valence-corrected chi connectivity index (χ1v) is 10.5. The normalized spacial score (nSPS) is 19.6. The Morgan fingerprint density at radius 2 is 1.93 bits per heavy atom. The number of nitrogens with one attached hydrogen (secondary N) is 1. The lowest BCUT2D eigenvalue weighted by atomic mass is 10.00. The monoisotopic (exact) mass is 380 g/mol. The molecule has 0 spiro atoms. The number of thioether (sulfide) groups is 1. The molecule has 1 saturated carbocycles. The topological polar surface area (TPSA) is 49.4 Å². The molecule has 2 aromatic rings. The molecule has 1 atom stereocenters. The third kappa shape index (κ3) is 3.74. The average molecular weight is 381 g/mol. The quantitative estimate of drug-likeness (QED) is 0.799. The van der Waals surface area contributed by atoms with Crippen LogP contribution < -0.4 is 10.2 Å². The van der Waals surface area contributed by atoms with E-state index in [9.17, 15) is 9.59 Å². The van der Waals surface area contributed by atoms with Crippen molar-refractivity contribution in [2.24, 2.45) is 5.92 Å². The summed E-state index contributed by atoms with van der Waals surface area (Å²) in [7, 11) is 0. The van der Waals surface area contributed by atoms with Crippen molar-refractivity contribution in [1.82, 2.24) is 0 Å². The van der Waals surface area contributed by atoms with Gasteiger partial charge in [-0.1, -0.05) is 44.2 Å². The van der Waals surface area contributed by atoms with E-state index in [4.69, 9.17) is 0 Å². The third-order valence-electron chi connectivity index (χ3n) is 5.07. The van der Waals surface area contributed by atoms with Gasteiger partial charge in [0.2, 0.25) is 11.8 Å². The molecule has 27 heavy (non-hydrogen) atoms. The molecule has 1 aliphatic heterocycles. The molecule has 0 bridgehead atoms. The zero-order chi connectivity index (χ0) is 19.0. The Labute approximate surface area is 164 Å². The van der Waals surface area contributed by atoms with E-state index in [1.165, 1.54) is 5.56 Å². The molecule has 140 valence electrons. The van der Waals surface area contributed by atoms with Crippen LogP contribution in [0.3, 0.4) is 0 Å². The Bertz CT molecular complexity index is 876. The van der Waals surface area contributed by atoms with Crippen molar-refractivity contribution in [3.63, 3.8) is 0 Å². The molecule has 1 saturated heterocycles. The smallest absolute Gasteiger partial charge is 0.238 e. The van der Waals surface area contributed by atoms with Crippen molar-refractivity contribution in [3.8, 4) is 0 Å². The lowest BCUT2D eigenvalue weighted by Crippen LogP contribution is -2.29. The van der Waals surface area contributed by atoms with Crippen molar-refractivity contribution < 1.29 is 9.59 Å². The fourth-order valence-corrected chi connectivity index (χ4v) is 4.64. The predicted octanol–water partition coefficient (Wildman–Crippen LogP) is 4.94. The molecule has 2 fully saturated rings. The average Bonchev–Trinajstić information content (AvgIpc) is 3.44. The van der Waals surface area contributed by atoms with Crippen LogP contribution in [0.4, 0.5) is 11.4 Å². The summed E-state index contributed by atoms with van der Waals surface area (Å²) in [6.07, 6.45) is 1.97. The first kappa shape index (κ1) is 18.1. The van der Waals surface area contributed by atoms with Crippen LogP contribution in [0.25, 0.3) is 0 Å². The Morgan fingerprint density at radius 1 is 1.15 bits per heavy atom. The van der Waals surface area contributed by atoms with Gasteiger partial charge in [0.1, 0.15) is 5.37 Å². The highest BCUT2D eigenvalue weighted by Gasteiger charge is 2.35. The standard InChI is InChI=1S/C22H24N2O2S/c1-14(2)18-8-3-4-9-19(18)24-20(25)13-27-22(24)16-6-5-7-17(12-16)23-21(26)15-10-11-15/h3-9,12,14-15,22H,10-11,13H2,1-2H3,(H,23,26)/t22-/m1/s1. The Hall–Kier alpha value is -2.27. The van der Waals surface area contributed by atoms with E-state index in [-0.39, 0.29) is 23.1 Å². The second-order valence-corrected chi connectivity index (χ2v) is 8.60. The summed E-state index contributed by atoms with van der Waals surface area (Å²) in [5, 5.41) is 2.94. The van der Waals surface area contributed by atoms with Crippen molar-refractivity contribution in [2.45, 2.75) is 38.0 Å². The van der Waals surface area contributed by atoms with Gasteiger partial charge in [-0.05, 0) is 48.1 Å². The minimum atomic E-state index is -0.0739. The Kier molecular flexibility index (Phi) is 4.96. The van der Waals surface area contributed by atoms with Gasteiger partial charge in [-0.2, -0.15) is 0 Å². The largest absolute Gasteiger partial charge is 0.326 e. The highest BCUT2D eigenvalue weighted by Crippen LogP contribution is 2.44. The molecule has 0 unspecified atom stereocenters. The minimum absolute atomic E-state index is 0.0739. The number of nitrogens with zero attached hydrogens (tertiary/aromatic N) is 1. The maximum absolute atomic E-state index is 12.7. The van der Waals surface area contributed by atoms with Gasteiger partial charge in [-0.25, -0.2) is 0 Å². The molecule has 1 heterocycles. The maximum Gasteiger partial charge on any atom is 0.238 e. The van der Waals surface area contributed by atoms with E-state index >= 15 is 0 Å². The number of hydrogen-bond acceptors (Lipinski definition) is 3. The van der Waals surface area contributed by atoms with Crippen LogP contribution in [0, 0.1) is 5.92 Å². The molecule has 4 rings (SSSR count). The summed E-state index contributed by atoms with van der Waals surface area (Å²) in [5.41, 5.74) is 4.01. The number of benzene rings is 2. The molecule has 2 aliphatic rings. The van der Waals surface area contributed by atoms with Gasteiger partial charge in [0, 0.05) is 17.3 Å². The molecule has 2 aromatic carbocycles. The van der Waals surface area contributed by atoms with Crippen LogP contribution in [0.15, 0.2) is 48.5 Å². The van der Waals surface area contributed by atoms with Crippen LogP contribution >= 0.6 is 11.8 Å². The van der Waals surface area contributed by atoms with Crippen molar-refractivity contribution in [3.05, 3.63) is 59.7 Å². The molecule has 0 aromatic heterocycles. The molecule has 4 nitrogen and oxygen atoms in total. The summed E-state index contributed by atoms with van der Waals surface area (Å²) in [6.45, 7) is 4.30. The molecule has 0 radical (unpaired) electrons. The lowest BCUT2D eigenvalue weighted by Gasteiger charge is -2.28. The number of anilines is 2. The maximum atomic E-state index is 12.7. The van der Waals surface area contributed by atoms with E-state index in [0.717, 1.165) is 29.8 Å². The van der Waals surface area contributed by atoms with Gasteiger partial charge in [-0.15, -0.1) is 11.8 Å². The number of carbonyl (C=O) groups excluding carboxylic acids is 2. The van der Waals surface area contributed by atoms with Gasteiger partial charge in [-0.3, -0.25) is 14.5 Å². The van der Waals surface area contributed by atoms with Crippen molar-refractivity contribution in [2.75, 3.05) is 16.0 Å². The molecule has 5 heteroatoms. The fourth-order valence-electron chi connectivity index (χ4n) is 3.49. The SMILES string of the molecule is CC(C)c1ccccc1N1C(=O)CS[C@@H]1c1cccc(NC(=O)C2CC2)c1. The molecular formula is C22H24N2O2S. The molecular weight excluding hydrogens is 356 g/mol. The number of para-hydroxylation sites is 1. The predicted molar refractivity (Wildman–Crippen MR) is 111 cm³/mol. The number of amides is 2. The second kappa shape index (κ2) is 7.39. The van der Waals surface area contributed by atoms with Crippen molar-refractivity contribution >= 4 is 35.0 Å². The van der Waals surface area contributed by atoms with Gasteiger partial charge in [0.25, 0.3) is 0 Å². The Balaban J connectivity index is 1.65. The first-order chi connectivity index (χ1) is 13.0. The minimum Gasteiger partial charge on any atom is -0.326 e. The molecule has 1 N–H and O–H groups in total. The summed E-state index contributed by atoms with van der Waals surface area (Å²) in [4.78, 5) is 26.7. The van der Waals surface area contributed by atoms with Gasteiger partial charge < -0.3 is 5.32 Å². The van der Waals surface area contributed by atoms with Gasteiger partial charge >= 0.3 is 0 Å². The zero-order valence-electron chi connectivity index (χ0n) is 15.6. The summed E-state index contributed by atoms with van der Waals surface area (Å²) < 4.78 is 0. The highest BCUT2D eigenvalue weighted by atomic mass is 32.2. The molecule has 2 amide bonds. The third-order valence-corrected chi connectivity index (χ3v) is 6.29. The van der Waals surface area contributed by atoms with Crippen LogP contribution in [0.2, 0.25) is 0 Å². The lowest BCUT2D eigenvalue weighted by molar-refractivity contribution is -0.117. The fraction of sp³-hybridized carbons (Fsp3) is 0.364. The van der Waals surface area contributed by atoms with E-state index < -0.39 is 0 Å².